The fourth-order valence-electron chi connectivity index (χ4n) is 3.95. The zero-order valence-electron chi connectivity index (χ0n) is 15.4. The summed E-state index contributed by atoms with van der Waals surface area (Å²) in [7, 11) is 0. The van der Waals surface area contributed by atoms with Crippen molar-refractivity contribution >= 4 is 29.0 Å². The number of hydrogen-bond acceptors (Lipinski definition) is 4. The van der Waals surface area contributed by atoms with Gasteiger partial charge in [0, 0.05) is 24.9 Å². The van der Waals surface area contributed by atoms with Gasteiger partial charge in [0.1, 0.15) is 11.9 Å². The van der Waals surface area contributed by atoms with E-state index in [4.69, 9.17) is 17.3 Å². The number of carbonyl (C=O) groups excluding carboxylic acids is 1. The Kier molecular flexibility index (Phi) is 4.83. The molecule has 1 atom stereocenters. The molecule has 3 heterocycles. The molecule has 1 amide bonds. The minimum absolute atomic E-state index is 0.0704. The van der Waals surface area contributed by atoms with Crippen molar-refractivity contribution in [2.45, 2.75) is 38.6 Å². The third kappa shape index (κ3) is 3.30. The molecule has 0 saturated carbocycles. The maximum atomic E-state index is 13.5. The number of nitrogens with one attached hydrogen (secondary N) is 1. The summed E-state index contributed by atoms with van der Waals surface area (Å²) in [4.78, 5) is 15.5. The summed E-state index contributed by atoms with van der Waals surface area (Å²) in [6, 6.07) is 7.12. The topological polar surface area (TPSA) is 76.2 Å². The van der Waals surface area contributed by atoms with E-state index in [2.05, 4.69) is 10.4 Å². The first-order valence-electron chi connectivity index (χ1n) is 9.42. The largest absolute Gasteiger partial charge is 0.398 e. The second kappa shape index (κ2) is 7.27. The number of hydrogen-bond donors (Lipinski definition) is 2. The van der Waals surface area contributed by atoms with Crippen molar-refractivity contribution in [3.05, 3.63) is 52.3 Å². The standard InChI is InChI=1S/C20H24ClN5O/c1-13-18(20(27)25-10-4-2-3-5-11-25)19(26-17(24-13)8-9-23-26)14-6-7-16(22)15(21)12-14/h6-9,12,19,24H,2-5,10-11,22H2,1H3. The summed E-state index contributed by atoms with van der Waals surface area (Å²) in [5, 5.41) is 8.28. The average Bonchev–Trinajstić information content (AvgIpc) is 2.94. The van der Waals surface area contributed by atoms with E-state index >= 15 is 0 Å². The molecule has 142 valence electrons. The van der Waals surface area contributed by atoms with E-state index in [9.17, 15) is 4.79 Å². The van der Waals surface area contributed by atoms with Crippen LogP contribution in [0.3, 0.4) is 0 Å². The van der Waals surface area contributed by atoms with Crippen molar-refractivity contribution < 1.29 is 4.79 Å². The summed E-state index contributed by atoms with van der Waals surface area (Å²) in [5.41, 5.74) is 8.89. The van der Waals surface area contributed by atoms with Gasteiger partial charge in [-0.1, -0.05) is 30.5 Å². The van der Waals surface area contributed by atoms with Crippen LogP contribution in [0.15, 0.2) is 41.7 Å². The molecule has 1 unspecified atom stereocenters. The fourth-order valence-corrected chi connectivity index (χ4v) is 4.14. The van der Waals surface area contributed by atoms with Crippen LogP contribution in [0, 0.1) is 0 Å². The monoisotopic (exact) mass is 385 g/mol. The second-order valence-corrected chi connectivity index (χ2v) is 7.62. The Hall–Kier alpha value is -2.47. The summed E-state index contributed by atoms with van der Waals surface area (Å²) in [6.45, 7) is 3.56. The number of likely N-dealkylation sites (tertiary alicyclic amines) is 1. The summed E-state index contributed by atoms with van der Waals surface area (Å²) in [5.74, 6) is 0.930. The van der Waals surface area contributed by atoms with Crippen LogP contribution in [0.1, 0.15) is 44.2 Å². The van der Waals surface area contributed by atoms with Crippen molar-refractivity contribution in [3.63, 3.8) is 0 Å². The number of nitrogen functional groups attached to an aromatic ring is 1. The van der Waals surface area contributed by atoms with Gasteiger partial charge in [0.15, 0.2) is 0 Å². The first-order chi connectivity index (χ1) is 13.1. The molecule has 2 aliphatic heterocycles. The maximum Gasteiger partial charge on any atom is 0.254 e. The van der Waals surface area contributed by atoms with Gasteiger partial charge in [0.05, 0.1) is 22.5 Å². The van der Waals surface area contributed by atoms with Gasteiger partial charge in [-0.2, -0.15) is 5.10 Å². The maximum absolute atomic E-state index is 13.5. The second-order valence-electron chi connectivity index (χ2n) is 7.21. The summed E-state index contributed by atoms with van der Waals surface area (Å²) in [6.07, 6.45) is 6.20. The number of anilines is 2. The first-order valence-corrected chi connectivity index (χ1v) is 9.79. The molecule has 0 bridgehead atoms. The van der Waals surface area contributed by atoms with E-state index in [1.54, 1.807) is 12.3 Å². The highest BCUT2D eigenvalue weighted by molar-refractivity contribution is 6.33. The fraction of sp³-hybridized carbons (Fsp3) is 0.400. The van der Waals surface area contributed by atoms with Crippen molar-refractivity contribution in [1.82, 2.24) is 14.7 Å². The highest BCUT2D eigenvalue weighted by atomic mass is 35.5. The van der Waals surface area contributed by atoms with Gasteiger partial charge in [-0.05, 0) is 37.5 Å². The van der Waals surface area contributed by atoms with E-state index < -0.39 is 0 Å². The Balaban J connectivity index is 1.79. The average molecular weight is 386 g/mol. The molecule has 2 aromatic rings. The predicted molar refractivity (Wildman–Crippen MR) is 108 cm³/mol. The molecule has 0 spiro atoms. The molecule has 1 aromatic carbocycles. The molecule has 2 aliphatic rings. The molecular formula is C20H24ClN5O. The summed E-state index contributed by atoms with van der Waals surface area (Å²) < 4.78 is 1.85. The van der Waals surface area contributed by atoms with Crippen molar-refractivity contribution in [2.75, 3.05) is 24.1 Å². The molecule has 3 N–H and O–H groups in total. The third-order valence-corrected chi connectivity index (χ3v) is 5.70. The van der Waals surface area contributed by atoms with Gasteiger partial charge in [0.2, 0.25) is 0 Å². The predicted octanol–water partition coefficient (Wildman–Crippen LogP) is 3.81. The van der Waals surface area contributed by atoms with E-state index in [0.29, 0.717) is 16.3 Å². The number of fused-ring (bicyclic) bond motifs is 1. The van der Waals surface area contributed by atoms with Crippen LogP contribution in [0.4, 0.5) is 11.5 Å². The van der Waals surface area contributed by atoms with Crippen LogP contribution in [0.25, 0.3) is 0 Å². The first kappa shape index (κ1) is 17.9. The number of amides is 1. The molecule has 7 heteroatoms. The Morgan fingerprint density at radius 1 is 1.22 bits per heavy atom. The molecule has 0 aliphatic carbocycles. The number of aromatic nitrogens is 2. The Labute approximate surface area is 164 Å². The van der Waals surface area contributed by atoms with Gasteiger partial charge < -0.3 is 16.0 Å². The van der Waals surface area contributed by atoms with Crippen molar-refractivity contribution in [3.8, 4) is 0 Å². The van der Waals surface area contributed by atoms with Gasteiger partial charge in [-0.25, -0.2) is 4.68 Å². The highest BCUT2D eigenvalue weighted by Crippen LogP contribution is 2.38. The van der Waals surface area contributed by atoms with Gasteiger partial charge in [-0.15, -0.1) is 0 Å². The van der Waals surface area contributed by atoms with Gasteiger partial charge in [0.25, 0.3) is 5.91 Å². The lowest BCUT2D eigenvalue weighted by Crippen LogP contribution is -2.38. The highest BCUT2D eigenvalue weighted by Gasteiger charge is 2.35. The van der Waals surface area contributed by atoms with E-state index in [0.717, 1.165) is 43.0 Å². The Morgan fingerprint density at radius 2 is 1.96 bits per heavy atom. The minimum Gasteiger partial charge on any atom is -0.398 e. The molecule has 6 nitrogen and oxygen atoms in total. The molecule has 0 radical (unpaired) electrons. The van der Waals surface area contributed by atoms with Gasteiger partial charge >= 0.3 is 0 Å². The van der Waals surface area contributed by atoms with Crippen LogP contribution < -0.4 is 11.1 Å². The number of benzene rings is 1. The van der Waals surface area contributed by atoms with E-state index in [-0.39, 0.29) is 11.9 Å². The number of allylic oxidation sites excluding steroid dienone is 1. The molecule has 1 fully saturated rings. The van der Waals surface area contributed by atoms with E-state index in [1.807, 2.05) is 34.7 Å². The number of nitrogens with zero attached hydrogens (tertiary/aromatic N) is 3. The third-order valence-electron chi connectivity index (χ3n) is 5.37. The van der Waals surface area contributed by atoms with Crippen LogP contribution >= 0.6 is 11.6 Å². The lowest BCUT2D eigenvalue weighted by atomic mass is 9.94. The van der Waals surface area contributed by atoms with E-state index in [1.165, 1.54) is 12.8 Å². The van der Waals surface area contributed by atoms with Gasteiger partial charge in [-0.3, -0.25) is 4.79 Å². The van der Waals surface area contributed by atoms with Crippen LogP contribution in [-0.4, -0.2) is 33.7 Å². The zero-order chi connectivity index (χ0) is 19.0. The number of carbonyl (C=O) groups is 1. The quantitative estimate of drug-likeness (QED) is 0.770. The van der Waals surface area contributed by atoms with Crippen molar-refractivity contribution in [2.24, 2.45) is 0 Å². The van der Waals surface area contributed by atoms with Crippen LogP contribution in [0.5, 0.6) is 0 Å². The summed E-state index contributed by atoms with van der Waals surface area (Å²) >= 11 is 6.29. The molecule has 4 rings (SSSR count). The molecular weight excluding hydrogens is 362 g/mol. The van der Waals surface area contributed by atoms with Crippen LogP contribution in [0.2, 0.25) is 5.02 Å². The lowest BCUT2D eigenvalue weighted by Gasteiger charge is -2.33. The lowest BCUT2D eigenvalue weighted by molar-refractivity contribution is -0.127. The minimum atomic E-state index is -0.329. The zero-order valence-corrected chi connectivity index (χ0v) is 16.2. The smallest absolute Gasteiger partial charge is 0.254 e. The Bertz CT molecular complexity index is 896. The molecule has 1 saturated heterocycles. The number of halogens is 1. The van der Waals surface area contributed by atoms with Crippen molar-refractivity contribution in [1.29, 1.82) is 0 Å². The normalized spacial score (nSPS) is 20.1. The Morgan fingerprint density at radius 3 is 2.67 bits per heavy atom. The van der Waals surface area contributed by atoms with Crippen LogP contribution in [-0.2, 0) is 4.79 Å². The molecule has 27 heavy (non-hydrogen) atoms. The number of rotatable bonds is 2. The molecule has 1 aromatic heterocycles. The SMILES string of the molecule is CC1=C(C(=O)N2CCCCCC2)C(c2ccc(N)c(Cl)c2)n2nccc2N1. The number of nitrogens with two attached hydrogens (primary N) is 1.